The Morgan fingerprint density at radius 2 is 1.96 bits per heavy atom. The largest absolute Gasteiger partial charge is 0.309 e. The summed E-state index contributed by atoms with van der Waals surface area (Å²) < 4.78 is 0. The lowest BCUT2D eigenvalue weighted by atomic mass is 9.75. The van der Waals surface area contributed by atoms with Gasteiger partial charge in [0, 0.05) is 22.8 Å². The maximum Gasteiger partial charge on any atom is 0.230 e. The van der Waals surface area contributed by atoms with E-state index in [1.54, 1.807) is 11.3 Å². The van der Waals surface area contributed by atoms with Crippen molar-refractivity contribution in [3.8, 4) is 11.8 Å². The lowest BCUT2D eigenvalue weighted by molar-refractivity contribution is -0.125. The average Bonchev–Trinajstić information content (AvgIpc) is 2.92. The summed E-state index contributed by atoms with van der Waals surface area (Å²) in [6, 6.07) is 2.24. The molecule has 25 heavy (non-hydrogen) atoms. The van der Waals surface area contributed by atoms with E-state index < -0.39 is 0 Å². The van der Waals surface area contributed by atoms with E-state index in [1.807, 2.05) is 4.90 Å². The third kappa shape index (κ3) is 5.35. The Kier molecular flexibility index (Phi) is 6.38. The van der Waals surface area contributed by atoms with Crippen LogP contribution in [-0.2, 0) is 4.79 Å². The Hall–Kier alpha value is -1.27. The van der Waals surface area contributed by atoms with Crippen LogP contribution in [0, 0.1) is 35.0 Å². The van der Waals surface area contributed by atoms with Crippen LogP contribution in [0.4, 0.5) is 5.69 Å². The third-order valence-corrected chi connectivity index (χ3v) is 5.76. The molecule has 1 aromatic heterocycles. The van der Waals surface area contributed by atoms with Gasteiger partial charge in [-0.25, -0.2) is 0 Å². The Morgan fingerprint density at radius 3 is 2.52 bits per heavy atom. The zero-order valence-electron chi connectivity index (χ0n) is 16.8. The van der Waals surface area contributed by atoms with Gasteiger partial charge in [0.15, 0.2) is 0 Å². The molecule has 2 rings (SSSR count). The molecular weight excluding hydrogens is 326 g/mol. The summed E-state index contributed by atoms with van der Waals surface area (Å²) in [5, 5.41) is 2.08. The Morgan fingerprint density at radius 1 is 1.28 bits per heavy atom. The van der Waals surface area contributed by atoms with Crippen LogP contribution in [0.3, 0.4) is 0 Å². The molecular formula is C22H33NOS. The fourth-order valence-corrected chi connectivity index (χ4v) is 4.39. The minimum Gasteiger partial charge on any atom is -0.309 e. The van der Waals surface area contributed by atoms with Gasteiger partial charge in [0.25, 0.3) is 0 Å². The fourth-order valence-electron chi connectivity index (χ4n) is 3.66. The molecule has 0 N–H and O–H groups in total. The molecule has 1 aromatic rings. The van der Waals surface area contributed by atoms with Crippen LogP contribution in [0.25, 0.3) is 0 Å². The predicted molar refractivity (Wildman–Crippen MR) is 109 cm³/mol. The first-order valence-corrected chi connectivity index (χ1v) is 10.4. The highest BCUT2D eigenvalue weighted by atomic mass is 32.1. The maximum absolute atomic E-state index is 13.3. The molecule has 1 aliphatic rings. The predicted octanol–water partition coefficient (Wildman–Crippen LogP) is 5.96. The van der Waals surface area contributed by atoms with Crippen molar-refractivity contribution in [1.82, 2.24) is 0 Å². The summed E-state index contributed by atoms with van der Waals surface area (Å²) in [6.07, 6.45) is 3.35. The smallest absolute Gasteiger partial charge is 0.230 e. The standard InChI is InChI=1S/C22H33NOS/c1-15(2)23(21(24)20-9-8-16(3)12-17(20)4)18-13-19(25-14-18)10-11-22(5,6)7/h13-17,20H,8-9,12H2,1-7H3/t16-,17-,20-/m0/s1. The third-order valence-electron chi connectivity index (χ3n) is 4.93. The van der Waals surface area contributed by atoms with Gasteiger partial charge in [-0.1, -0.05) is 25.7 Å². The van der Waals surface area contributed by atoms with Crippen molar-refractivity contribution in [2.75, 3.05) is 4.90 Å². The minimum absolute atomic E-state index is 0.00801. The van der Waals surface area contributed by atoms with E-state index in [9.17, 15) is 4.79 Å². The quantitative estimate of drug-likeness (QED) is 0.610. The highest BCUT2D eigenvalue weighted by molar-refractivity contribution is 7.11. The molecule has 0 bridgehead atoms. The molecule has 1 amide bonds. The molecule has 2 nitrogen and oxygen atoms in total. The second-order valence-corrected chi connectivity index (χ2v) is 9.88. The van der Waals surface area contributed by atoms with Crippen LogP contribution in [-0.4, -0.2) is 11.9 Å². The summed E-state index contributed by atoms with van der Waals surface area (Å²) >= 11 is 1.63. The molecule has 0 aliphatic heterocycles. The highest BCUT2D eigenvalue weighted by Crippen LogP contribution is 2.36. The molecule has 0 aromatic carbocycles. The summed E-state index contributed by atoms with van der Waals surface area (Å²) in [5.74, 6) is 8.20. The molecule has 1 saturated carbocycles. The van der Waals surface area contributed by atoms with Crippen molar-refractivity contribution in [2.45, 2.75) is 73.8 Å². The normalized spacial score (nSPS) is 23.9. The summed E-state index contributed by atoms with van der Waals surface area (Å²) in [6.45, 7) is 15.1. The first-order chi connectivity index (χ1) is 11.6. The van der Waals surface area contributed by atoms with Crippen LogP contribution in [0.5, 0.6) is 0 Å². The van der Waals surface area contributed by atoms with Crippen LogP contribution in [0.1, 0.15) is 72.6 Å². The van der Waals surface area contributed by atoms with Gasteiger partial charge in [-0.05, 0) is 71.8 Å². The van der Waals surface area contributed by atoms with Crippen molar-refractivity contribution >= 4 is 22.9 Å². The van der Waals surface area contributed by atoms with Gasteiger partial charge >= 0.3 is 0 Å². The summed E-state index contributed by atoms with van der Waals surface area (Å²) in [5.41, 5.74) is 1.00. The maximum atomic E-state index is 13.3. The average molecular weight is 360 g/mol. The summed E-state index contributed by atoms with van der Waals surface area (Å²) in [4.78, 5) is 16.3. The van der Waals surface area contributed by atoms with Crippen molar-refractivity contribution in [3.63, 3.8) is 0 Å². The Balaban J connectivity index is 2.22. The van der Waals surface area contributed by atoms with Crippen molar-refractivity contribution in [3.05, 3.63) is 16.3 Å². The molecule has 0 unspecified atom stereocenters. The minimum atomic E-state index is -0.00801. The van der Waals surface area contributed by atoms with Gasteiger partial charge < -0.3 is 4.90 Å². The molecule has 3 heteroatoms. The van der Waals surface area contributed by atoms with Gasteiger partial charge in [0.05, 0.1) is 10.6 Å². The SMILES string of the molecule is CC(C)N(C(=O)[C@H]1CC[C@H](C)C[C@@H]1C)c1csc(C#CC(C)(C)C)c1. The molecule has 138 valence electrons. The second-order valence-electron chi connectivity index (χ2n) is 8.97. The zero-order chi connectivity index (χ0) is 18.8. The van der Waals surface area contributed by atoms with Gasteiger partial charge in [0.2, 0.25) is 5.91 Å². The second kappa shape index (κ2) is 7.96. The van der Waals surface area contributed by atoms with Crippen molar-refractivity contribution < 1.29 is 4.79 Å². The Bertz CT molecular complexity index is 656. The molecule has 1 aliphatic carbocycles. The number of amides is 1. The first-order valence-electron chi connectivity index (χ1n) is 9.53. The van der Waals surface area contributed by atoms with Gasteiger partial charge in [-0.15, -0.1) is 11.3 Å². The van der Waals surface area contributed by atoms with E-state index in [2.05, 4.69) is 71.8 Å². The van der Waals surface area contributed by atoms with E-state index >= 15 is 0 Å². The number of hydrogen-bond acceptors (Lipinski definition) is 2. The highest BCUT2D eigenvalue weighted by Gasteiger charge is 2.35. The molecule has 3 atom stereocenters. The lowest BCUT2D eigenvalue weighted by Crippen LogP contribution is -2.44. The van der Waals surface area contributed by atoms with Crippen LogP contribution in [0.2, 0.25) is 0 Å². The van der Waals surface area contributed by atoms with Crippen molar-refractivity contribution in [2.24, 2.45) is 23.2 Å². The molecule has 0 saturated heterocycles. The monoisotopic (exact) mass is 359 g/mol. The molecule has 1 fully saturated rings. The first kappa shape index (κ1) is 20.0. The van der Waals surface area contributed by atoms with Gasteiger partial charge in [0.1, 0.15) is 0 Å². The van der Waals surface area contributed by atoms with E-state index in [0.29, 0.717) is 11.8 Å². The number of nitrogens with zero attached hydrogens (tertiary/aromatic N) is 1. The number of hydrogen-bond donors (Lipinski definition) is 0. The number of rotatable bonds is 3. The van der Waals surface area contributed by atoms with Gasteiger partial charge in [-0.2, -0.15) is 0 Å². The van der Waals surface area contributed by atoms with E-state index in [4.69, 9.17) is 0 Å². The number of thiophene rings is 1. The Labute approximate surface area is 158 Å². The topological polar surface area (TPSA) is 20.3 Å². The molecule has 0 radical (unpaired) electrons. The molecule has 1 heterocycles. The number of carbonyl (C=O) groups is 1. The van der Waals surface area contributed by atoms with Crippen LogP contribution < -0.4 is 4.90 Å². The zero-order valence-corrected chi connectivity index (χ0v) is 17.7. The van der Waals surface area contributed by atoms with Gasteiger partial charge in [-0.3, -0.25) is 4.79 Å². The summed E-state index contributed by atoms with van der Waals surface area (Å²) in [7, 11) is 0. The van der Waals surface area contributed by atoms with Crippen LogP contribution >= 0.6 is 11.3 Å². The van der Waals surface area contributed by atoms with E-state index in [-0.39, 0.29) is 17.4 Å². The van der Waals surface area contributed by atoms with Crippen molar-refractivity contribution in [1.29, 1.82) is 0 Å². The van der Waals surface area contributed by atoms with E-state index in [1.165, 1.54) is 6.42 Å². The van der Waals surface area contributed by atoms with Crippen LogP contribution in [0.15, 0.2) is 11.4 Å². The van der Waals surface area contributed by atoms with E-state index in [0.717, 1.165) is 29.3 Å². The number of carbonyl (C=O) groups excluding carboxylic acids is 1. The lowest BCUT2D eigenvalue weighted by Gasteiger charge is -2.36. The number of anilines is 1. The molecule has 0 spiro atoms. The fraction of sp³-hybridized carbons (Fsp3) is 0.682.